The van der Waals surface area contributed by atoms with Gasteiger partial charge in [0.15, 0.2) is 15.7 Å². The van der Waals surface area contributed by atoms with Gasteiger partial charge in [-0.3, -0.25) is 4.21 Å². The Hall–Kier alpha value is -2.58. The molecule has 2 aromatic carbocycles. The number of para-hydroxylation sites is 1. The van der Waals surface area contributed by atoms with Gasteiger partial charge in [-0.15, -0.1) is 0 Å². The zero-order valence-corrected chi connectivity index (χ0v) is 17.3. The summed E-state index contributed by atoms with van der Waals surface area (Å²) in [6.45, 7) is 1.62. The molecule has 2 aromatic heterocycles. The highest BCUT2D eigenvalue weighted by Gasteiger charge is 2.24. The van der Waals surface area contributed by atoms with Crippen LogP contribution in [0.3, 0.4) is 0 Å². The molecule has 0 aliphatic rings. The van der Waals surface area contributed by atoms with Gasteiger partial charge in [0.05, 0.1) is 27.2 Å². The van der Waals surface area contributed by atoms with Crippen LogP contribution in [-0.2, 0) is 27.7 Å². The fourth-order valence-corrected chi connectivity index (χ4v) is 4.81. The zero-order chi connectivity index (χ0) is 20.1. The van der Waals surface area contributed by atoms with E-state index < -0.39 is 20.6 Å². The zero-order valence-electron chi connectivity index (χ0n) is 15.7. The van der Waals surface area contributed by atoms with Crippen molar-refractivity contribution in [1.82, 2.24) is 14.5 Å². The monoisotopic (exact) mass is 413 g/mol. The number of aryl methyl sites for hydroxylation is 1. The summed E-state index contributed by atoms with van der Waals surface area (Å²) in [7, 11) is -2.81. The van der Waals surface area contributed by atoms with E-state index in [0.29, 0.717) is 27.4 Å². The lowest BCUT2D eigenvalue weighted by atomic mass is 10.2. The van der Waals surface area contributed by atoms with Crippen LogP contribution in [0.2, 0.25) is 0 Å². The van der Waals surface area contributed by atoms with Crippen LogP contribution in [-0.4, -0.2) is 39.2 Å². The van der Waals surface area contributed by atoms with Gasteiger partial charge in [-0.25, -0.2) is 18.4 Å². The highest BCUT2D eigenvalue weighted by Crippen LogP contribution is 2.31. The van der Waals surface area contributed by atoms with Crippen molar-refractivity contribution in [2.24, 2.45) is 7.05 Å². The Morgan fingerprint density at radius 1 is 1.04 bits per heavy atom. The van der Waals surface area contributed by atoms with Crippen LogP contribution in [0.4, 0.5) is 0 Å². The smallest absolute Gasteiger partial charge is 0.180 e. The number of benzene rings is 2. The topological polar surface area (TPSA) is 81.9 Å². The van der Waals surface area contributed by atoms with Gasteiger partial charge in [-0.2, -0.15) is 0 Å². The third kappa shape index (κ3) is 3.02. The average molecular weight is 414 g/mol. The van der Waals surface area contributed by atoms with Crippen LogP contribution < -0.4 is 0 Å². The molecule has 0 radical (unpaired) electrons. The largest absolute Gasteiger partial charge is 0.326 e. The SMILES string of the molecule is CCS(=O)(=O)c1cc2ccccc2nc1-c1nc2cc(S(C)=O)ccc2n1C. The Labute approximate surface area is 165 Å². The second kappa shape index (κ2) is 6.79. The van der Waals surface area contributed by atoms with Crippen molar-refractivity contribution in [2.45, 2.75) is 16.7 Å². The van der Waals surface area contributed by atoms with E-state index in [0.717, 1.165) is 10.9 Å². The van der Waals surface area contributed by atoms with E-state index in [2.05, 4.69) is 9.97 Å². The summed E-state index contributed by atoms with van der Waals surface area (Å²) >= 11 is 0. The second-order valence-corrected chi connectivity index (χ2v) is 10.2. The Morgan fingerprint density at radius 3 is 2.50 bits per heavy atom. The van der Waals surface area contributed by atoms with E-state index in [1.165, 1.54) is 0 Å². The van der Waals surface area contributed by atoms with Crippen LogP contribution in [0, 0.1) is 0 Å². The van der Waals surface area contributed by atoms with E-state index >= 15 is 0 Å². The third-order valence-corrected chi connectivity index (χ3v) is 7.46. The van der Waals surface area contributed by atoms with E-state index in [1.807, 2.05) is 41.9 Å². The molecule has 0 N–H and O–H groups in total. The average Bonchev–Trinajstić information content (AvgIpc) is 3.02. The van der Waals surface area contributed by atoms with Crippen molar-refractivity contribution >= 4 is 42.6 Å². The minimum Gasteiger partial charge on any atom is -0.326 e. The highest BCUT2D eigenvalue weighted by molar-refractivity contribution is 7.91. The molecule has 28 heavy (non-hydrogen) atoms. The van der Waals surface area contributed by atoms with E-state index in [1.54, 1.807) is 31.4 Å². The Morgan fingerprint density at radius 2 is 1.79 bits per heavy atom. The molecule has 0 fully saturated rings. The molecule has 0 bridgehead atoms. The quantitative estimate of drug-likeness (QED) is 0.513. The summed E-state index contributed by atoms with van der Waals surface area (Å²) in [5, 5.41) is 0.765. The molecule has 6 nitrogen and oxygen atoms in total. The Balaban J connectivity index is 2.06. The lowest BCUT2D eigenvalue weighted by molar-refractivity contribution is 0.597. The molecule has 1 unspecified atom stereocenters. The summed E-state index contributed by atoms with van der Waals surface area (Å²) in [6.07, 6.45) is 1.61. The minimum absolute atomic E-state index is 0.0249. The number of hydrogen-bond donors (Lipinski definition) is 0. The molecule has 0 amide bonds. The molecular weight excluding hydrogens is 394 g/mol. The predicted molar refractivity (Wildman–Crippen MR) is 112 cm³/mol. The van der Waals surface area contributed by atoms with E-state index in [9.17, 15) is 12.6 Å². The van der Waals surface area contributed by atoms with Crippen molar-refractivity contribution in [3.05, 3.63) is 48.5 Å². The molecule has 1 atom stereocenters. The normalized spacial score (nSPS) is 13.2. The summed E-state index contributed by atoms with van der Waals surface area (Å²) in [4.78, 5) is 10.1. The standard InChI is InChI=1S/C20H19N3O3S2/c1-4-28(25,26)18-11-13-7-5-6-8-15(13)21-19(18)20-22-16-12-14(27(3)24)9-10-17(16)23(20)2/h5-12H,4H2,1-3H3. The summed E-state index contributed by atoms with van der Waals surface area (Å²) < 4.78 is 39.2. The lowest BCUT2D eigenvalue weighted by Crippen LogP contribution is -2.09. The van der Waals surface area contributed by atoms with Gasteiger partial charge >= 0.3 is 0 Å². The van der Waals surface area contributed by atoms with Crippen molar-refractivity contribution in [2.75, 3.05) is 12.0 Å². The lowest BCUT2D eigenvalue weighted by Gasteiger charge is -2.10. The molecule has 0 saturated carbocycles. The number of hydrogen-bond acceptors (Lipinski definition) is 5. The fraction of sp³-hybridized carbons (Fsp3) is 0.200. The molecule has 4 aromatic rings. The highest BCUT2D eigenvalue weighted by atomic mass is 32.2. The number of pyridine rings is 1. The van der Waals surface area contributed by atoms with Crippen molar-refractivity contribution in [1.29, 1.82) is 0 Å². The summed E-state index contributed by atoms with van der Waals surface area (Å²) in [5.41, 5.74) is 2.51. The van der Waals surface area contributed by atoms with Gasteiger partial charge in [0.2, 0.25) is 0 Å². The van der Waals surface area contributed by atoms with Crippen LogP contribution in [0.25, 0.3) is 33.5 Å². The first-order valence-electron chi connectivity index (χ1n) is 8.74. The second-order valence-electron chi connectivity index (χ2n) is 6.53. The molecule has 0 aliphatic heterocycles. The molecule has 0 spiro atoms. The molecule has 144 valence electrons. The first-order chi connectivity index (χ1) is 13.3. The van der Waals surface area contributed by atoms with Gasteiger partial charge in [-0.05, 0) is 30.3 Å². The molecule has 0 aliphatic carbocycles. The van der Waals surface area contributed by atoms with Gasteiger partial charge < -0.3 is 4.57 Å². The van der Waals surface area contributed by atoms with Gasteiger partial charge in [0, 0.05) is 34.4 Å². The maximum Gasteiger partial charge on any atom is 0.180 e. The Bertz CT molecular complexity index is 1360. The molecule has 4 rings (SSSR count). The van der Waals surface area contributed by atoms with E-state index in [4.69, 9.17) is 0 Å². The summed E-state index contributed by atoms with van der Waals surface area (Å²) in [6, 6.07) is 14.5. The third-order valence-electron chi connectivity index (χ3n) is 4.80. The number of nitrogens with zero attached hydrogens (tertiary/aromatic N) is 3. The van der Waals surface area contributed by atoms with Crippen molar-refractivity contribution < 1.29 is 12.6 Å². The summed E-state index contributed by atoms with van der Waals surface area (Å²) in [5.74, 6) is 0.440. The van der Waals surface area contributed by atoms with Gasteiger partial charge in [-0.1, -0.05) is 25.1 Å². The maximum atomic E-state index is 12.8. The van der Waals surface area contributed by atoms with Crippen LogP contribution in [0.15, 0.2) is 58.3 Å². The first-order valence-corrected chi connectivity index (χ1v) is 12.0. The van der Waals surface area contributed by atoms with Gasteiger partial charge in [0.25, 0.3) is 0 Å². The van der Waals surface area contributed by atoms with E-state index in [-0.39, 0.29) is 10.6 Å². The van der Waals surface area contributed by atoms with Crippen molar-refractivity contribution in [3.8, 4) is 11.5 Å². The molecule has 0 saturated heterocycles. The first kappa shape index (κ1) is 18.8. The van der Waals surface area contributed by atoms with Gasteiger partial charge in [0.1, 0.15) is 5.69 Å². The number of sulfone groups is 1. The maximum absolute atomic E-state index is 12.8. The predicted octanol–water partition coefficient (Wildman–Crippen LogP) is 3.32. The van der Waals surface area contributed by atoms with Crippen LogP contribution >= 0.6 is 0 Å². The van der Waals surface area contributed by atoms with Crippen LogP contribution in [0.1, 0.15) is 6.92 Å². The number of aromatic nitrogens is 3. The molecular formula is C20H19N3O3S2. The Kier molecular flexibility index (Phi) is 4.55. The van der Waals surface area contributed by atoms with Crippen LogP contribution in [0.5, 0.6) is 0 Å². The van der Waals surface area contributed by atoms with Crippen molar-refractivity contribution in [3.63, 3.8) is 0 Å². The number of rotatable bonds is 4. The molecule has 8 heteroatoms. The minimum atomic E-state index is -3.51. The fourth-order valence-electron chi connectivity index (χ4n) is 3.22. The number of imidazole rings is 1. The number of fused-ring (bicyclic) bond motifs is 2. The molecule has 2 heterocycles.